The zero-order chi connectivity index (χ0) is 16.9. The highest BCUT2D eigenvalue weighted by Gasteiger charge is 2.25. The van der Waals surface area contributed by atoms with Crippen molar-refractivity contribution < 1.29 is 4.74 Å². The van der Waals surface area contributed by atoms with Gasteiger partial charge < -0.3 is 9.64 Å². The summed E-state index contributed by atoms with van der Waals surface area (Å²) in [5, 5.41) is 0. The predicted octanol–water partition coefficient (Wildman–Crippen LogP) is 2.74. The van der Waals surface area contributed by atoms with Crippen molar-refractivity contribution in [2.75, 3.05) is 32.1 Å². The summed E-state index contributed by atoms with van der Waals surface area (Å²) < 4.78 is 6.21. The van der Waals surface area contributed by atoms with Gasteiger partial charge in [-0.3, -0.25) is 9.88 Å². The number of anilines is 1. The molecule has 3 heterocycles. The standard InChI is InChI=1S/C17H22BrN5O/c1-22(17-19-8-7-16(21-17)24-2)15-4-3-9-23(12-15)11-14-6-5-13(18)10-20-14/h5-8,10,15H,3-4,9,11-12H2,1-2H3. The third-order valence-electron chi connectivity index (χ3n) is 4.34. The Morgan fingerprint density at radius 2 is 2.21 bits per heavy atom. The van der Waals surface area contributed by atoms with E-state index in [-0.39, 0.29) is 0 Å². The Labute approximate surface area is 151 Å². The van der Waals surface area contributed by atoms with Gasteiger partial charge in [-0.2, -0.15) is 4.98 Å². The molecule has 0 spiro atoms. The van der Waals surface area contributed by atoms with Crippen LogP contribution in [0.3, 0.4) is 0 Å². The van der Waals surface area contributed by atoms with Crippen molar-refractivity contribution in [3.8, 4) is 5.88 Å². The van der Waals surface area contributed by atoms with Crippen LogP contribution in [0.15, 0.2) is 35.1 Å². The Balaban J connectivity index is 1.64. The minimum absolute atomic E-state index is 0.390. The number of piperidine rings is 1. The van der Waals surface area contributed by atoms with Crippen LogP contribution in [0.2, 0.25) is 0 Å². The summed E-state index contributed by atoms with van der Waals surface area (Å²) in [5.41, 5.74) is 1.10. The van der Waals surface area contributed by atoms with Crippen LogP contribution in [0, 0.1) is 0 Å². The van der Waals surface area contributed by atoms with Gasteiger partial charge in [0.25, 0.3) is 0 Å². The molecule has 0 aliphatic carbocycles. The third-order valence-corrected chi connectivity index (χ3v) is 4.81. The SMILES string of the molecule is COc1ccnc(N(C)C2CCCN(Cc3ccc(Br)cn3)C2)n1. The lowest BCUT2D eigenvalue weighted by Crippen LogP contribution is -2.46. The quantitative estimate of drug-likeness (QED) is 0.780. The summed E-state index contributed by atoms with van der Waals surface area (Å²) in [7, 11) is 3.68. The van der Waals surface area contributed by atoms with E-state index in [1.54, 1.807) is 19.4 Å². The fourth-order valence-corrected chi connectivity index (χ4v) is 3.23. The van der Waals surface area contributed by atoms with Crippen molar-refractivity contribution >= 4 is 21.9 Å². The zero-order valence-corrected chi connectivity index (χ0v) is 15.6. The summed E-state index contributed by atoms with van der Waals surface area (Å²) in [6.07, 6.45) is 5.90. The van der Waals surface area contributed by atoms with Crippen LogP contribution < -0.4 is 9.64 Å². The van der Waals surface area contributed by atoms with Crippen LogP contribution in [-0.2, 0) is 6.54 Å². The molecule has 0 N–H and O–H groups in total. The summed E-state index contributed by atoms with van der Waals surface area (Å²) >= 11 is 3.43. The van der Waals surface area contributed by atoms with Gasteiger partial charge in [0.1, 0.15) is 0 Å². The van der Waals surface area contributed by atoms with Crippen LogP contribution >= 0.6 is 15.9 Å². The molecule has 0 saturated carbocycles. The second-order valence-electron chi connectivity index (χ2n) is 6.01. The highest BCUT2D eigenvalue weighted by molar-refractivity contribution is 9.10. The van der Waals surface area contributed by atoms with E-state index >= 15 is 0 Å². The molecule has 7 heteroatoms. The summed E-state index contributed by atoms with van der Waals surface area (Å²) in [4.78, 5) is 17.9. The van der Waals surface area contributed by atoms with Crippen molar-refractivity contribution in [2.45, 2.75) is 25.4 Å². The van der Waals surface area contributed by atoms with Crippen LogP contribution in [-0.4, -0.2) is 53.1 Å². The summed E-state index contributed by atoms with van der Waals surface area (Å²) in [5.74, 6) is 1.31. The maximum Gasteiger partial charge on any atom is 0.228 e. The molecule has 1 saturated heterocycles. The Morgan fingerprint density at radius 3 is 2.96 bits per heavy atom. The first-order valence-electron chi connectivity index (χ1n) is 8.08. The van der Waals surface area contributed by atoms with E-state index in [4.69, 9.17) is 4.74 Å². The summed E-state index contributed by atoms with van der Waals surface area (Å²) in [6, 6.07) is 6.27. The van der Waals surface area contributed by atoms with E-state index in [9.17, 15) is 0 Å². The predicted molar refractivity (Wildman–Crippen MR) is 97.2 cm³/mol. The molecule has 1 aliphatic rings. The van der Waals surface area contributed by atoms with Gasteiger partial charge in [-0.05, 0) is 47.4 Å². The third kappa shape index (κ3) is 4.21. The van der Waals surface area contributed by atoms with Gasteiger partial charge in [0.2, 0.25) is 11.8 Å². The fourth-order valence-electron chi connectivity index (χ4n) is 3.00. The Morgan fingerprint density at radius 1 is 1.33 bits per heavy atom. The van der Waals surface area contributed by atoms with Crippen molar-refractivity contribution in [2.24, 2.45) is 0 Å². The highest BCUT2D eigenvalue weighted by atomic mass is 79.9. The number of likely N-dealkylation sites (tertiary alicyclic amines) is 1. The Kier molecular flexibility index (Phi) is 5.63. The lowest BCUT2D eigenvalue weighted by molar-refractivity contribution is 0.196. The minimum atomic E-state index is 0.390. The number of rotatable bonds is 5. The van der Waals surface area contributed by atoms with Crippen LogP contribution in [0.4, 0.5) is 5.95 Å². The molecule has 1 fully saturated rings. The van der Waals surface area contributed by atoms with Crippen LogP contribution in [0.1, 0.15) is 18.5 Å². The first-order valence-corrected chi connectivity index (χ1v) is 8.87. The van der Waals surface area contributed by atoms with Crippen molar-refractivity contribution in [1.82, 2.24) is 19.9 Å². The zero-order valence-electron chi connectivity index (χ0n) is 14.0. The normalized spacial score (nSPS) is 18.4. The van der Waals surface area contributed by atoms with E-state index in [2.05, 4.69) is 53.8 Å². The first kappa shape index (κ1) is 17.1. The van der Waals surface area contributed by atoms with Gasteiger partial charge in [-0.25, -0.2) is 4.98 Å². The number of hydrogen-bond donors (Lipinski definition) is 0. The van der Waals surface area contributed by atoms with Crippen LogP contribution in [0.25, 0.3) is 0 Å². The second kappa shape index (κ2) is 7.90. The monoisotopic (exact) mass is 391 g/mol. The van der Waals surface area contributed by atoms with Gasteiger partial charge >= 0.3 is 0 Å². The van der Waals surface area contributed by atoms with Crippen molar-refractivity contribution in [1.29, 1.82) is 0 Å². The number of nitrogens with zero attached hydrogens (tertiary/aromatic N) is 5. The second-order valence-corrected chi connectivity index (χ2v) is 6.92. The molecule has 2 aromatic heterocycles. The molecular weight excluding hydrogens is 370 g/mol. The molecule has 2 aromatic rings. The van der Waals surface area contributed by atoms with Gasteiger partial charge in [0.15, 0.2) is 0 Å². The molecule has 128 valence electrons. The topological polar surface area (TPSA) is 54.4 Å². The average Bonchev–Trinajstić information content (AvgIpc) is 2.63. The highest BCUT2D eigenvalue weighted by Crippen LogP contribution is 2.21. The number of aromatic nitrogens is 3. The molecule has 0 bridgehead atoms. The van der Waals surface area contributed by atoms with E-state index in [0.717, 1.165) is 42.6 Å². The molecule has 0 radical (unpaired) electrons. The molecule has 1 unspecified atom stereocenters. The van der Waals surface area contributed by atoms with E-state index in [0.29, 0.717) is 17.9 Å². The maximum absolute atomic E-state index is 5.20. The molecule has 6 nitrogen and oxygen atoms in total. The number of likely N-dealkylation sites (N-methyl/N-ethyl adjacent to an activating group) is 1. The fraction of sp³-hybridized carbons (Fsp3) is 0.471. The largest absolute Gasteiger partial charge is 0.481 e. The number of ether oxygens (including phenoxy) is 1. The van der Waals surface area contributed by atoms with E-state index in [1.165, 1.54) is 0 Å². The lowest BCUT2D eigenvalue weighted by atomic mass is 10.0. The molecule has 24 heavy (non-hydrogen) atoms. The van der Waals surface area contributed by atoms with Crippen molar-refractivity contribution in [3.05, 3.63) is 40.8 Å². The molecule has 3 rings (SSSR count). The average molecular weight is 392 g/mol. The number of methoxy groups -OCH3 is 1. The minimum Gasteiger partial charge on any atom is -0.481 e. The number of halogens is 1. The number of pyridine rings is 1. The number of hydrogen-bond acceptors (Lipinski definition) is 6. The molecular formula is C17H22BrN5O. The van der Waals surface area contributed by atoms with Crippen LogP contribution in [0.5, 0.6) is 5.88 Å². The van der Waals surface area contributed by atoms with Gasteiger partial charge in [-0.15, -0.1) is 0 Å². The maximum atomic E-state index is 5.20. The Hall–Kier alpha value is -1.73. The first-order chi connectivity index (χ1) is 11.7. The summed E-state index contributed by atoms with van der Waals surface area (Å²) in [6.45, 7) is 2.95. The van der Waals surface area contributed by atoms with E-state index in [1.807, 2.05) is 12.3 Å². The Bertz CT molecular complexity index is 666. The van der Waals surface area contributed by atoms with Crippen molar-refractivity contribution in [3.63, 3.8) is 0 Å². The molecule has 1 atom stereocenters. The van der Waals surface area contributed by atoms with E-state index < -0.39 is 0 Å². The molecule has 0 amide bonds. The van der Waals surface area contributed by atoms with Gasteiger partial charge in [-0.1, -0.05) is 0 Å². The molecule has 1 aliphatic heterocycles. The van der Waals surface area contributed by atoms with Gasteiger partial charge in [0, 0.05) is 49.1 Å². The lowest BCUT2D eigenvalue weighted by Gasteiger charge is -2.37. The van der Waals surface area contributed by atoms with Gasteiger partial charge in [0.05, 0.1) is 12.8 Å². The molecule has 0 aromatic carbocycles. The smallest absolute Gasteiger partial charge is 0.228 e.